The molecule has 2 N–H and O–H groups in total. The second-order valence-corrected chi connectivity index (χ2v) is 10.2. The normalized spacial score (nSPS) is 12.1. The Kier molecular flexibility index (Phi) is 6.49. The Labute approximate surface area is 205 Å². The van der Waals surface area contributed by atoms with E-state index < -0.39 is 10.1 Å². The quantitative estimate of drug-likeness (QED) is 0.159. The van der Waals surface area contributed by atoms with E-state index in [0.717, 1.165) is 44.3 Å². The highest BCUT2D eigenvalue weighted by Crippen LogP contribution is 2.31. The number of H-pyrrole nitrogens is 1. The van der Waals surface area contributed by atoms with Crippen molar-refractivity contribution in [2.45, 2.75) is 19.4 Å². The third kappa shape index (κ3) is 5.19. The molecule has 0 bridgehead atoms. The van der Waals surface area contributed by atoms with E-state index in [1.165, 1.54) is 0 Å². The Balaban J connectivity index is 1.56. The summed E-state index contributed by atoms with van der Waals surface area (Å²) in [7, 11) is -3.95. The zero-order valence-corrected chi connectivity index (χ0v) is 20.1. The summed E-state index contributed by atoms with van der Waals surface area (Å²) < 4.78 is 33.6. The lowest BCUT2D eigenvalue weighted by Crippen LogP contribution is -2.38. The molecule has 5 aromatic rings. The van der Waals surface area contributed by atoms with Gasteiger partial charge in [-0.2, -0.15) is 13.0 Å². The summed E-state index contributed by atoms with van der Waals surface area (Å²) in [6, 6.07) is 31.0. The summed E-state index contributed by atoms with van der Waals surface area (Å²) in [6.07, 6.45) is 5.32. The third-order valence-corrected chi connectivity index (χ3v) is 7.04. The van der Waals surface area contributed by atoms with E-state index in [-0.39, 0.29) is 5.75 Å². The molecular formula is C29H27N2O3S+. The van der Waals surface area contributed by atoms with Crippen molar-refractivity contribution in [3.05, 3.63) is 102 Å². The minimum Gasteiger partial charge on any atom is -0.354 e. The minimum absolute atomic E-state index is 0.223. The van der Waals surface area contributed by atoms with Gasteiger partial charge in [-0.05, 0) is 36.3 Å². The van der Waals surface area contributed by atoms with Crippen LogP contribution in [0.15, 0.2) is 91.0 Å². The van der Waals surface area contributed by atoms with Crippen LogP contribution in [0.4, 0.5) is 0 Å². The Hall–Kier alpha value is -3.74. The number of pyridine rings is 1. The second kappa shape index (κ2) is 9.86. The van der Waals surface area contributed by atoms with E-state index in [1.54, 1.807) is 0 Å². The maximum Gasteiger partial charge on any atom is 0.264 e. The molecule has 0 amide bonds. The molecule has 0 spiro atoms. The van der Waals surface area contributed by atoms with Gasteiger partial charge in [0.15, 0.2) is 0 Å². The van der Waals surface area contributed by atoms with Crippen molar-refractivity contribution in [2.75, 3.05) is 5.75 Å². The molecule has 0 saturated carbocycles. The van der Waals surface area contributed by atoms with E-state index in [1.807, 2.05) is 42.5 Å². The Morgan fingerprint density at radius 1 is 0.800 bits per heavy atom. The first kappa shape index (κ1) is 23.0. The molecule has 35 heavy (non-hydrogen) atoms. The van der Waals surface area contributed by atoms with E-state index in [2.05, 4.69) is 70.2 Å². The molecule has 0 unspecified atom stereocenters. The van der Waals surface area contributed by atoms with Gasteiger partial charge >= 0.3 is 0 Å². The number of benzene rings is 3. The molecule has 176 valence electrons. The van der Waals surface area contributed by atoms with Crippen molar-refractivity contribution in [1.82, 2.24) is 4.98 Å². The van der Waals surface area contributed by atoms with Crippen LogP contribution in [0.2, 0.25) is 0 Å². The summed E-state index contributed by atoms with van der Waals surface area (Å²) in [5.74, 6) is -0.223. The standard InChI is InChI=1S/C29H26N2O3S/c32-35(33,34)21-9-8-20-31-24(17-16-22-10-4-7-15-28(22)31)18-19-26-25-13-5-6-14-27(25)30-29(26)23-11-2-1-3-12-23/h1-7,10-19H,8-9,20-21H2,(H,32,33,34)/p+1. The Morgan fingerprint density at radius 2 is 1.54 bits per heavy atom. The average molecular weight is 484 g/mol. The van der Waals surface area contributed by atoms with Gasteiger partial charge in [-0.3, -0.25) is 4.55 Å². The van der Waals surface area contributed by atoms with E-state index in [4.69, 9.17) is 4.55 Å². The minimum atomic E-state index is -3.95. The monoisotopic (exact) mass is 483 g/mol. The van der Waals surface area contributed by atoms with Crippen molar-refractivity contribution in [2.24, 2.45) is 0 Å². The largest absolute Gasteiger partial charge is 0.354 e. The molecule has 2 heterocycles. The molecular weight excluding hydrogens is 456 g/mol. The number of fused-ring (bicyclic) bond motifs is 2. The van der Waals surface area contributed by atoms with Gasteiger partial charge in [-0.15, -0.1) is 0 Å². The highest BCUT2D eigenvalue weighted by atomic mass is 32.2. The van der Waals surface area contributed by atoms with Crippen molar-refractivity contribution >= 4 is 44.1 Å². The van der Waals surface area contributed by atoms with Crippen LogP contribution in [0.1, 0.15) is 24.1 Å². The van der Waals surface area contributed by atoms with E-state index in [9.17, 15) is 8.42 Å². The number of aryl methyl sites for hydroxylation is 1. The molecule has 0 aliphatic carbocycles. The summed E-state index contributed by atoms with van der Waals surface area (Å²) in [6.45, 7) is 0.649. The fourth-order valence-electron chi connectivity index (χ4n) is 4.57. The summed E-state index contributed by atoms with van der Waals surface area (Å²) in [5.41, 5.74) is 6.52. The number of hydrogen-bond acceptors (Lipinski definition) is 2. The van der Waals surface area contributed by atoms with Gasteiger partial charge in [0.25, 0.3) is 10.1 Å². The predicted molar refractivity (Wildman–Crippen MR) is 142 cm³/mol. The number of nitrogens with zero attached hydrogens (tertiary/aromatic N) is 1. The number of aromatic amines is 1. The SMILES string of the molecule is O=S(=O)(O)CCCC[n+]1c(/C=C/c2c(-c3ccccc3)[nH]c3ccccc23)ccc2ccccc21. The molecule has 3 aromatic carbocycles. The maximum absolute atomic E-state index is 11.1. The molecule has 5 rings (SSSR count). The summed E-state index contributed by atoms with van der Waals surface area (Å²) in [4.78, 5) is 3.58. The van der Waals surface area contributed by atoms with Gasteiger partial charge in [-0.1, -0.05) is 60.7 Å². The van der Waals surface area contributed by atoms with Crippen LogP contribution in [0.5, 0.6) is 0 Å². The molecule has 0 saturated heterocycles. The van der Waals surface area contributed by atoms with Crippen molar-refractivity contribution in [1.29, 1.82) is 0 Å². The zero-order valence-electron chi connectivity index (χ0n) is 19.3. The number of rotatable bonds is 8. The van der Waals surface area contributed by atoms with Crippen LogP contribution >= 0.6 is 0 Å². The zero-order chi connectivity index (χ0) is 24.3. The van der Waals surface area contributed by atoms with Gasteiger partial charge in [0.05, 0.1) is 11.4 Å². The molecule has 0 fully saturated rings. The highest BCUT2D eigenvalue weighted by Gasteiger charge is 2.16. The molecule has 0 aliphatic rings. The fourth-order valence-corrected chi connectivity index (χ4v) is 5.13. The molecule has 0 radical (unpaired) electrons. The van der Waals surface area contributed by atoms with Crippen molar-refractivity contribution in [3.8, 4) is 11.3 Å². The first-order chi connectivity index (χ1) is 17.0. The first-order valence-electron chi connectivity index (χ1n) is 11.7. The molecule has 6 heteroatoms. The van der Waals surface area contributed by atoms with Gasteiger partial charge in [0.2, 0.25) is 11.2 Å². The Morgan fingerprint density at radius 3 is 2.37 bits per heavy atom. The average Bonchev–Trinajstić information content (AvgIpc) is 3.24. The lowest BCUT2D eigenvalue weighted by atomic mass is 10.0. The number of para-hydroxylation sites is 2. The smallest absolute Gasteiger partial charge is 0.264 e. The highest BCUT2D eigenvalue weighted by molar-refractivity contribution is 7.85. The summed E-state index contributed by atoms with van der Waals surface area (Å²) >= 11 is 0. The number of nitrogens with one attached hydrogen (secondary N) is 1. The van der Waals surface area contributed by atoms with Crippen LogP contribution in [0.25, 0.3) is 45.2 Å². The van der Waals surface area contributed by atoms with Crippen molar-refractivity contribution in [3.63, 3.8) is 0 Å². The van der Waals surface area contributed by atoms with Crippen LogP contribution in [0.3, 0.4) is 0 Å². The lowest BCUT2D eigenvalue weighted by Gasteiger charge is -2.06. The van der Waals surface area contributed by atoms with Crippen molar-refractivity contribution < 1.29 is 17.5 Å². The van der Waals surface area contributed by atoms with Gasteiger partial charge in [-0.25, -0.2) is 0 Å². The third-order valence-electron chi connectivity index (χ3n) is 6.24. The molecule has 0 atom stereocenters. The van der Waals surface area contributed by atoms with Gasteiger partial charge < -0.3 is 4.98 Å². The van der Waals surface area contributed by atoms with Gasteiger partial charge in [0.1, 0.15) is 6.54 Å². The van der Waals surface area contributed by atoms with Crippen LogP contribution in [0, 0.1) is 0 Å². The number of unbranched alkanes of at least 4 members (excludes halogenated alkanes) is 1. The van der Waals surface area contributed by atoms with Crippen LogP contribution in [-0.2, 0) is 16.7 Å². The van der Waals surface area contributed by atoms with E-state index >= 15 is 0 Å². The van der Waals surface area contributed by atoms with E-state index in [0.29, 0.717) is 19.4 Å². The molecule has 2 aromatic heterocycles. The molecule has 5 nitrogen and oxygen atoms in total. The topological polar surface area (TPSA) is 74.0 Å². The lowest BCUT2D eigenvalue weighted by molar-refractivity contribution is -0.673. The fraction of sp³-hybridized carbons (Fsp3) is 0.138. The second-order valence-electron chi connectivity index (χ2n) is 8.62. The van der Waals surface area contributed by atoms with Gasteiger partial charge in [0, 0.05) is 46.5 Å². The molecule has 0 aliphatic heterocycles. The maximum atomic E-state index is 11.1. The Bertz CT molecular complexity index is 1620. The first-order valence-corrected chi connectivity index (χ1v) is 13.3. The van der Waals surface area contributed by atoms with Crippen LogP contribution in [-0.4, -0.2) is 23.7 Å². The number of hydrogen-bond donors (Lipinski definition) is 2. The number of aromatic nitrogens is 2. The summed E-state index contributed by atoms with van der Waals surface area (Å²) in [5, 5.41) is 2.28. The predicted octanol–water partition coefficient (Wildman–Crippen LogP) is 6.11. The van der Waals surface area contributed by atoms with Crippen LogP contribution < -0.4 is 4.57 Å².